The first-order chi connectivity index (χ1) is 16.6. The van der Waals surface area contributed by atoms with E-state index in [0.717, 1.165) is 11.1 Å². The minimum absolute atomic E-state index is 0.126. The van der Waals surface area contributed by atoms with Gasteiger partial charge in [-0.05, 0) is 42.3 Å². The Labute approximate surface area is 194 Å². The standard InChI is InChI=1S/C23H22N10O/c1-13-27-20(31-23(25-3)28-13)19-21(29-17-10-11-26-32-17)30-18-9-8-16(12-33(18)19)14-4-6-15(7-5-14)22(34)24-2/h4-12H,1-3H3,(H,24,34)(H2,26,29,32)(H,25,27,28,31). The van der Waals surface area contributed by atoms with Crippen LogP contribution in [0.2, 0.25) is 0 Å². The van der Waals surface area contributed by atoms with Crippen LogP contribution in [0, 0.1) is 6.92 Å². The average Bonchev–Trinajstić information content (AvgIpc) is 3.50. The number of fused-ring (bicyclic) bond motifs is 1. The van der Waals surface area contributed by atoms with E-state index >= 15 is 0 Å². The quantitative estimate of drug-likeness (QED) is 0.307. The van der Waals surface area contributed by atoms with Crippen molar-refractivity contribution in [3.63, 3.8) is 0 Å². The number of anilines is 3. The summed E-state index contributed by atoms with van der Waals surface area (Å²) in [5.41, 5.74) is 3.89. The number of H-pyrrole nitrogens is 1. The Morgan fingerprint density at radius 3 is 2.44 bits per heavy atom. The lowest BCUT2D eigenvalue weighted by Gasteiger charge is -2.09. The van der Waals surface area contributed by atoms with Crippen LogP contribution in [-0.4, -0.2) is 54.5 Å². The van der Waals surface area contributed by atoms with Gasteiger partial charge >= 0.3 is 0 Å². The number of nitrogens with zero attached hydrogens (tertiary/aromatic N) is 6. The van der Waals surface area contributed by atoms with Crippen molar-refractivity contribution >= 4 is 29.1 Å². The molecule has 0 atom stereocenters. The highest BCUT2D eigenvalue weighted by Crippen LogP contribution is 2.31. The van der Waals surface area contributed by atoms with Crippen LogP contribution in [0.5, 0.6) is 0 Å². The summed E-state index contributed by atoms with van der Waals surface area (Å²) in [6, 6.07) is 13.1. The van der Waals surface area contributed by atoms with E-state index in [9.17, 15) is 4.79 Å². The summed E-state index contributed by atoms with van der Waals surface area (Å²) < 4.78 is 1.94. The van der Waals surface area contributed by atoms with Crippen molar-refractivity contribution in [2.45, 2.75) is 6.92 Å². The van der Waals surface area contributed by atoms with Crippen LogP contribution < -0.4 is 16.0 Å². The van der Waals surface area contributed by atoms with Crippen molar-refractivity contribution in [2.24, 2.45) is 0 Å². The number of carbonyl (C=O) groups is 1. The van der Waals surface area contributed by atoms with Crippen molar-refractivity contribution in [1.29, 1.82) is 0 Å². The summed E-state index contributed by atoms with van der Waals surface area (Å²) in [6.07, 6.45) is 3.63. The molecule has 0 spiro atoms. The second-order valence-corrected chi connectivity index (χ2v) is 7.49. The number of carbonyl (C=O) groups excluding carboxylic acids is 1. The molecule has 0 bridgehead atoms. The molecule has 0 unspecified atom stereocenters. The Morgan fingerprint density at radius 1 is 0.941 bits per heavy atom. The molecule has 11 nitrogen and oxygen atoms in total. The number of nitrogens with one attached hydrogen (secondary N) is 4. The van der Waals surface area contributed by atoms with Gasteiger partial charge < -0.3 is 16.0 Å². The summed E-state index contributed by atoms with van der Waals surface area (Å²) in [6.45, 7) is 1.82. The summed E-state index contributed by atoms with van der Waals surface area (Å²) in [5, 5.41) is 15.8. The molecular weight excluding hydrogens is 432 g/mol. The third-order valence-corrected chi connectivity index (χ3v) is 5.26. The maximum atomic E-state index is 11.9. The maximum Gasteiger partial charge on any atom is 0.251 e. The van der Waals surface area contributed by atoms with Crippen LogP contribution in [0.25, 0.3) is 28.3 Å². The van der Waals surface area contributed by atoms with Gasteiger partial charge in [-0.2, -0.15) is 15.1 Å². The number of hydrogen-bond acceptors (Lipinski definition) is 8. The molecule has 0 saturated heterocycles. The fraction of sp³-hybridized carbons (Fsp3) is 0.130. The molecule has 5 aromatic rings. The first kappa shape index (κ1) is 21.1. The Morgan fingerprint density at radius 2 is 1.74 bits per heavy atom. The zero-order chi connectivity index (χ0) is 23.7. The Bertz CT molecular complexity index is 1470. The molecule has 0 fully saturated rings. The summed E-state index contributed by atoms with van der Waals surface area (Å²) in [5.74, 6) is 2.65. The summed E-state index contributed by atoms with van der Waals surface area (Å²) >= 11 is 0. The Balaban J connectivity index is 1.66. The Hall–Kier alpha value is -4.80. The number of amides is 1. The van der Waals surface area contributed by atoms with Gasteiger partial charge in [-0.25, -0.2) is 9.97 Å². The molecule has 4 heterocycles. The van der Waals surface area contributed by atoms with Gasteiger partial charge in [0.1, 0.15) is 23.0 Å². The van der Waals surface area contributed by atoms with Crippen molar-refractivity contribution in [3.05, 3.63) is 66.2 Å². The van der Waals surface area contributed by atoms with Gasteiger partial charge in [-0.3, -0.25) is 14.3 Å². The fourth-order valence-electron chi connectivity index (χ4n) is 3.63. The third-order valence-electron chi connectivity index (χ3n) is 5.26. The zero-order valence-electron chi connectivity index (χ0n) is 18.8. The highest BCUT2D eigenvalue weighted by atomic mass is 16.1. The molecule has 170 valence electrons. The number of hydrogen-bond donors (Lipinski definition) is 4. The lowest BCUT2D eigenvalue weighted by atomic mass is 10.1. The summed E-state index contributed by atoms with van der Waals surface area (Å²) in [4.78, 5) is 30.1. The monoisotopic (exact) mass is 454 g/mol. The molecule has 4 N–H and O–H groups in total. The topological polar surface area (TPSA) is 138 Å². The molecule has 1 aromatic carbocycles. The van der Waals surface area contributed by atoms with Gasteiger partial charge in [0.25, 0.3) is 5.91 Å². The first-order valence-electron chi connectivity index (χ1n) is 10.6. The van der Waals surface area contributed by atoms with Crippen molar-refractivity contribution in [2.75, 3.05) is 24.7 Å². The lowest BCUT2D eigenvalue weighted by molar-refractivity contribution is 0.0963. The number of aryl methyl sites for hydroxylation is 1. The predicted octanol–water partition coefficient (Wildman–Crippen LogP) is 3.03. The van der Waals surface area contributed by atoms with E-state index in [2.05, 4.69) is 41.1 Å². The van der Waals surface area contributed by atoms with Crippen LogP contribution in [-0.2, 0) is 0 Å². The van der Waals surface area contributed by atoms with E-state index in [0.29, 0.717) is 46.1 Å². The number of aromatic amines is 1. The van der Waals surface area contributed by atoms with E-state index in [1.54, 1.807) is 32.4 Å². The van der Waals surface area contributed by atoms with Gasteiger partial charge in [0, 0.05) is 31.9 Å². The second kappa shape index (κ2) is 8.62. The van der Waals surface area contributed by atoms with E-state index in [1.165, 1.54) is 0 Å². The highest BCUT2D eigenvalue weighted by Gasteiger charge is 2.19. The number of benzene rings is 1. The minimum atomic E-state index is -0.126. The molecule has 11 heteroatoms. The van der Waals surface area contributed by atoms with Gasteiger partial charge in [-0.15, -0.1) is 0 Å². The normalized spacial score (nSPS) is 10.9. The average molecular weight is 454 g/mol. The smallest absolute Gasteiger partial charge is 0.251 e. The fourth-order valence-corrected chi connectivity index (χ4v) is 3.63. The van der Waals surface area contributed by atoms with Crippen LogP contribution >= 0.6 is 0 Å². The molecule has 4 aromatic heterocycles. The SMILES string of the molecule is CNC(=O)c1ccc(-c2ccc3nc(Nc4ccn[nH]4)c(-c4nc(C)nc(NC)n4)n3c2)cc1. The zero-order valence-corrected chi connectivity index (χ0v) is 18.8. The highest BCUT2D eigenvalue weighted by molar-refractivity contribution is 5.94. The number of imidazole rings is 1. The molecule has 0 aliphatic heterocycles. The molecule has 1 amide bonds. The molecule has 0 radical (unpaired) electrons. The molecular formula is C23H22N10O. The molecule has 0 aliphatic carbocycles. The maximum absolute atomic E-state index is 11.9. The van der Waals surface area contributed by atoms with Gasteiger partial charge in [0.05, 0.1) is 6.20 Å². The van der Waals surface area contributed by atoms with Crippen LogP contribution in [0.4, 0.5) is 17.6 Å². The number of pyridine rings is 1. The molecule has 34 heavy (non-hydrogen) atoms. The molecule has 5 rings (SSSR count). The Kier molecular flexibility index (Phi) is 5.34. The largest absolute Gasteiger partial charge is 0.357 e. The van der Waals surface area contributed by atoms with Crippen LogP contribution in [0.15, 0.2) is 54.9 Å². The van der Waals surface area contributed by atoms with Crippen molar-refractivity contribution in [1.82, 2.24) is 39.9 Å². The third kappa shape index (κ3) is 3.90. The van der Waals surface area contributed by atoms with Crippen molar-refractivity contribution in [3.8, 4) is 22.6 Å². The van der Waals surface area contributed by atoms with Crippen molar-refractivity contribution < 1.29 is 4.79 Å². The van der Waals surface area contributed by atoms with E-state index in [-0.39, 0.29) is 5.91 Å². The van der Waals surface area contributed by atoms with Gasteiger partial charge in [-0.1, -0.05) is 12.1 Å². The van der Waals surface area contributed by atoms with E-state index in [1.807, 2.05) is 47.9 Å². The van der Waals surface area contributed by atoms with Gasteiger partial charge in [0.15, 0.2) is 11.6 Å². The van der Waals surface area contributed by atoms with Crippen LogP contribution in [0.1, 0.15) is 16.2 Å². The molecule has 0 saturated carbocycles. The van der Waals surface area contributed by atoms with E-state index < -0.39 is 0 Å². The van der Waals surface area contributed by atoms with Crippen LogP contribution in [0.3, 0.4) is 0 Å². The predicted molar refractivity (Wildman–Crippen MR) is 129 cm³/mol. The second-order valence-electron chi connectivity index (χ2n) is 7.49. The molecule has 0 aliphatic rings. The lowest BCUT2D eigenvalue weighted by Crippen LogP contribution is -2.17. The number of aromatic nitrogens is 7. The minimum Gasteiger partial charge on any atom is -0.357 e. The van der Waals surface area contributed by atoms with E-state index in [4.69, 9.17) is 4.98 Å². The number of rotatable bonds is 6. The van der Waals surface area contributed by atoms with Gasteiger partial charge in [0.2, 0.25) is 5.95 Å². The summed E-state index contributed by atoms with van der Waals surface area (Å²) in [7, 11) is 3.37. The first-order valence-corrected chi connectivity index (χ1v) is 10.6.